The van der Waals surface area contributed by atoms with Gasteiger partial charge in [0.1, 0.15) is 0 Å². The third-order valence-electron chi connectivity index (χ3n) is 4.98. The molecule has 0 atom stereocenters. The second-order valence-corrected chi connectivity index (χ2v) is 9.17. The lowest BCUT2D eigenvalue weighted by atomic mass is 10.1. The fourth-order valence-electron chi connectivity index (χ4n) is 3.26. The molecule has 0 unspecified atom stereocenters. The van der Waals surface area contributed by atoms with E-state index in [0.29, 0.717) is 5.56 Å². The Morgan fingerprint density at radius 2 is 1.56 bits per heavy atom. The van der Waals surface area contributed by atoms with Crippen molar-refractivity contribution in [1.29, 1.82) is 0 Å². The van der Waals surface area contributed by atoms with Gasteiger partial charge in [0.2, 0.25) is 10.0 Å². The predicted molar refractivity (Wildman–Crippen MR) is 106 cm³/mol. The molecule has 1 aliphatic rings. The Hall–Kier alpha value is -2.18. The van der Waals surface area contributed by atoms with Crippen LogP contribution in [0.2, 0.25) is 0 Å². The first kappa shape index (κ1) is 19.6. The van der Waals surface area contributed by atoms with Gasteiger partial charge in [-0.05, 0) is 56.0 Å². The minimum absolute atomic E-state index is 0.0573. The molecule has 0 spiro atoms. The minimum Gasteiger partial charge on any atom is -0.339 e. The van der Waals surface area contributed by atoms with E-state index in [0.717, 1.165) is 37.1 Å². The average Bonchev–Trinajstić information content (AvgIpc) is 2.69. The van der Waals surface area contributed by atoms with Gasteiger partial charge in [-0.2, -0.15) is 4.31 Å². The summed E-state index contributed by atoms with van der Waals surface area (Å²) >= 11 is 0. The third-order valence-corrected chi connectivity index (χ3v) is 6.80. The Morgan fingerprint density at radius 3 is 2.15 bits per heavy atom. The molecule has 3 rings (SSSR count). The fourth-order valence-corrected chi connectivity index (χ4v) is 4.42. The van der Waals surface area contributed by atoms with Crippen LogP contribution in [0.15, 0.2) is 53.4 Å². The van der Waals surface area contributed by atoms with Gasteiger partial charge >= 0.3 is 0 Å². The number of nitrogens with zero attached hydrogens (tertiary/aromatic N) is 2. The summed E-state index contributed by atoms with van der Waals surface area (Å²) in [5.74, 6) is 0.0573. The molecule has 0 aliphatic carbocycles. The van der Waals surface area contributed by atoms with Crippen molar-refractivity contribution in [3.8, 4) is 0 Å². The maximum atomic E-state index is 12.7. The molecule has 2 aromatic rings. The van der Waals surface area contributed by atoms with Crippen LogP contribution in [0.25, 0.3) is 0 Å². The molecule has 0 radical (unpaired) electrons. The van der Waals surface area contributed by atoms with Crippen molar-refractivity contribution in [1.82, 2.24) is 9.21 Å². The zero-order valence-corrected chi connectivity index (χ0v) is 16.7. The summed E-state index contributed by atoms with van der Waals surface area (Å²) in [6.07, 6.45) is 3.31. The summed E-state index contributed by atoms with van der Waals surface area (Å²) in [4.78, 5) is 14.7. The lowest BCUT2D eigenvalue weighted by Crippen LogP contribution is -2.35. The van der Waals surface area contributed by atoms with Gasteiger partial charge in [-0.25, -0.2) is 8.42 Å². The SMILES string of the molecule is Cc1ccc(S(=O)(=O)N(C)Cc2ccc(C(=O)N3CCCCC3)cc2)cc1. The van der Waals surface area contributed by atoms with E-state index in [1.165, 1.54) is 10.7 Å². The van der Waals surface area contributed by atoms with Gasteiger partial charge in [-0.3, -0.25) is 4.79 Å². The van der Waals surface area contributed by atoms with Crippen LogP contribution in [0.1, 0.15) is 40.7 Å². The highest BCUT2D eigenvalue weighted by Gasteiger charge is 2.21. The number of likely N-dealkylation sites (tertiary alicyclic amines) is 1. The predicted octanol–water partition coefficient (Wildman–Crippen LogP) is 3.44. The molecule has 1 fully saturated rings. The monoisotopic (exact) mass is 386 g/mol. The Kier molecular flexibility index (Phi) is 5.97. The first-order valence-electron chi connectivity index (χ1n) is 9.29. The van der Waals surface area contributed by atoms with E-state index in [1.807, 2.05) is 24.0 Å². The Balaban J connectivity index is 1.68. The maximum Gasteiger partial charge on any atom is 0.253 e. The summed E-state index contributed by atoms with van der Waals surface area (Å²) in [5, 5.41) is 0. The number of sulfonamides is 1. The molecule has 0 aromatic heterocycles. The van der Waals surface area contributed by atoms with Gasteiger partial charge in [0.15, 0.2) is 0 Å². The van der Waals surface area contributed by atoms with Crippen LogP contribution in [-0.4, -0.2) is 43.7 Å². The standard InChI is InChI=1S/C21H26N2O3S/c1-17-6-12-20(13-7-17)27(25,26)22(2)16-18-8-10-19(11-9-18)21(24)23-14-4-3-5-15-23/h6-13H,3-5,14-16H2,1-2H3. The lowest BCUT2D eigenvalue weighted by Gasteiger charge is -2.26. The quantitative estimate of drug-likeness (QED) is 0.791. The molecule has 6 heteroatoms. The van der Waals surface area contributed by atoms with E-state index < -0.39 is 10.0 Å². The summed E-state index contributed by atoms with van der Waals surface area (Å²) in [5.41, 5.74) is 2.53. The van der Waals surface area contributed by atoms with Crippen molar-refractivity contribution >= 4 is 15.9 Å². The van der Waals surface area contributed by atoms with Gasteiger partial charge < -0.3 is 4.90 Å². The number of rotatable bonds is 5. The summed E-state index contributed by atoms with van der Waals surface area (Å²) in [7, 11) is -1.97. The molecule has 1 aliphatic heterocycles. The molecule has 144 valence electrons. The van der Waals surface area contributed by atoms with Crippen molar-refractivity contribution in [3.05, 3.63) is 65.2 Å². The molecule has 1 amide bonds. The van der Waals surface area contributed by atoms with Crippen molar-refractivity contribution in [3.63, 3.8) is 0 Å². The lowest BCUT2D eigenvalue weighted by molar-refractivity contribution is 0.0724. The second-order valence-electron chi connectivity index (χ2n) is 7.12. The molecular weight excluding hydrogens is 360 g/mol. The summed E-state index contributed by atoms with van der Waals surface area (Å²) in [6.45, 7) is 3.82. The smallest absolute Gasteiger partial charge is 0.253 e. The van der Waals surface area contributed by atoms with Crippen LogP contribution >= 0.6 is 0 Å². The van der Waals surface area contributed by atoms with Gasteiger partial charge in [0.25, 0.3) is 5.91 Å². The zero-order valence-electron chi connectivity index (χ0n) is 15.9. The first-order valence-corrected chi connectivity index (χ1v) is 10.7. The molecule has 1 saturated heterocycles. The summed E-state index contributed by atoms with van der Waals surface area (Å²) in [6, 6.07) is 14.1. The van der Waals surface area contributed by atoms with E-state index in [2.05, 4.69) is 0 Å². The van der Waals surface area contributed by atoms with Crippen molar-refractivity contribution in [2.75, 3.05) is 20.1 Å². The van der Waals surface area contributed by atoms with Crippen molar-refractivity contribution < 1.29 is 13.2 Å². The minimum atomic E-state index is -3.54. The van der Waals surface area contributed by atoms with Gasteiger partial charge in [0.05, 0.1) is 4.90 Å². The number of carbonyl (C=O) groups excluding carboxylic acids is 1. The van der Waals surface area contributed by atoms with E-state index in [-0.39, 0.29) is 17.3 Å². The first-order chi connectivity index (χ1) is 12.9. The highest BCUT2D eigenvalue weighted by atomic mass is 32.2. The largest absolute Gasteiger partial charge is 0.339 e. The number of aryl methyl sites for hydroxylation is 1. The summed E-state index contributed by atoms with van der Waals surface area (Å²) < 4.78 is 26.7. The van der Waals surface area contributed by atoms with E-state index in [4.69, 9.17) is 0 Å². The highest BCUT2D eigenvalue weighted by Crippen LogP contribution is 2.18. The van der Waals surface area contributed by atoms with E-state index in [1.54, 1.807) is 43.4 Å². The molecule has 0 bridgehead atoms. The van der Waals surface area contributed by atoms with Gasteiger partial charge in [-0.15, -0.1) is 0 Å². The Morgan fingerprint density at radius 1 is 0.963 bits per heavy atom. The Labute approximate surface area is 161 Å². The fraction of sp³-hybridized carbons (Fsp3) is 0.381. The molecule has 1 heterocycles. The van der Waals surface area contributed by atoms with Crippen LogP contribution in [0.4, 0.5) is 0 Å². The topological polar surface area (TPSA) is 57.7 Å². The van der Waals surface area contributed by atoms with Crippen LogP contribution in [0.3, 0.4) is 0 Å². The van der Waals surface area contributed by atoms with Gasteiger partial charge in [0, 0.05) is 32.2 Å². The van der Waals surface area contributed by atoms with E-state index in [9.17, 15) is 13.2 Å². The number of hydrogen-bond donors (Lipinski definition) is 0. The number of piperidine rings is 1. The van der Waals surface area contributed by atoms with Crippen LogP contribution in [0.5, 0.6) is 0 Å². The van der Waals surface area contributed by atoms with Crippen molar-refractivity contribution in [2.45, 2.75) is 37.6 Å². The molecular formula is C21H26N2O3S. The Bertz CT molecular complexity index is 884. The molecule has 2 aromatic carbocycles. The normalized spacial score (nSPS) is 15.1. The van der Waals surface area contributed by atoms with Gasteiger partial charge in [-0.1, -0.05) is 29.8 Å². The highest BCUT2D eigenvalue weighted by molar-refractivity contribution is 7.89. The molecule has 27 heavy (non-hydrogen) atoms. The maximum absolute atomic E-state index is 12.7. The van der Waals surface area contributed by atoms with Crippen LogP contribution < -0.4 is 0 Å². The molecule has 0 saturated carbocycles. The number of carbonyl (C=O) groups is 1. The number of amides is 1. The van der Waals surface area contributed by atoms with Crippen LogP contribution in [0, 0.1) is 6.92 Å². The number of hydrogen-bond acceptors (Lipinski definition) is 3. The van der Waals surface area contributed by atoms with Crippen molar-refractivity contribution in [2.24, 2.45) is 0 Å². The molecule has 5 nitrogen and oxygen atoms in total. The zero-order chi connectivity index (χ0) is 19.4. The molecule has 0 N–H and O–H groups in total. The van der Waals surface area contributed by atoms with Crippen LogP contribution in [-0.2, 0) is 16.6 Å². The number of benzene rings is 2. The second kappa shape index (κ2) is 8.23. The average molecular weight is 387 g/mol. The third kappa shape index (κ3) is 4.57. The van der Waals surface area contributed by atoms with E-state index >= 15 is 0 Å².